The standard InChI is InChI=1S/C76H55NSi/c1-9-28-56(29-10-1)73-71-51-50-63(54-72(71)74(57-30-11-2-12-31-57)76(59-34-15-4-16-35-59)75(73)58-32-13-3-14-33-58)61-37-25-36-60(52-61)62-38-26-41-65(53-62)77(64-39-17-5-18-40-64)66-42-27-49-70(55-66)78(67-43-19-6-20-44-67,68-45-21-7-22-46-68)69-47-23-8-24-48-69/h1-55H. The van der Waals surface area contributed by atoms with Crippen LogP contribution in [0.2, 0.25) is 0 Å². The predicted octanol–water partition coefficient (Wildman–Crippen LogP) is 17.7. The fraction of sp³-hybridized carbons (Fsp3) is 0. The molecule has 13 rings (SSSR count). The van der Waals surface area contributed by atoms with Crippen molar-refractivity contribution in [2.45, 2.75) is 0 Å². The second-order valence-electron chi connectivity index (χ2n) is 19.9. The molecule has 0 N–H and O–H groups in total. The second-order valence-corrected chi connectivity index (χ2v) is 23.7. The molecule has 0 saturated heterocycles. The number of anilines is 3. The molecule has 0 heterocycles. The van der Waals surface area contributed by atoms with Gasteiger partial charge in [-0.05, 0) is 147 Å². The molecule has 0 aromatic heterocycles. The zero-order chi connectivity index (χ0) is 52.1. The van der Waals surface area contributed by atoms with E-state index < -0.39 is 8.07 Å². The average Bonchev–Trinajstić information content (AvgIpc) is 3.71. The number of hydrogen-bond donors (Lipinski definition) is 0. The number of rotatable bonds is 13. The summed E-state index contributed by atoms with van der Waals surface area (Å²) in [4.78, 5) is 2.42. The molecule has 0 amide bonds. The maximum absolute atomic E-state index is 2.81. The molecule has 0 aliphatic carbocycles. The molecule has 368 valence electrons. The first-order chi connectivity index (χ1) is 38.7. The van der Waals surface area contributed by atoms with E-state index in [1.807, 2.05) is 0 Å². The highest BCUT2D eigenvalue weighted by Crippen LogP contribution is 2.51. The van der Waals surface area contributed by atoms with Crippen LogP contribution in [0.25, 0.3) is 77.5 Å². The van der Waals surface area contributed by atoms with E-state index in [9.17, 15) is 0 Å². The highest BCUT2D eigenvalue weighted by Gasteiger charge is 2.41. The average molecular weight is 1010 g/mol. The molecular weight excluding hydrogens is 955 g/mol. The molecule has 0 fully saturated rings. The van der Waals surface area contributed by atoms with Gasteiger partial charge in [0.2, 0.25) is 0 Å². The van der Waals surface area contributed by atoms with E-state index in [2.05, 4.69) is 339 Å². The van der Waals surface area contributed by atoms with Crippen LogP contribution >= 0.6 is 0 Å². The van der Waals surface area contributed by atoms with Crippen LogP contribution in [0.15, 0.2) is 334 Å². The van der Waals surface area contributed by atoms with Gasteiger partial charge < -0.3 is 4.90 Å². The molecule has 0 spiro atoms. The van der Waals surface area contributed by atoms with Crippen LogP contribution in [0.3, 0.4) is 0 Å². The van der Waals surface area contributed by atoms with Crippen LogP contribution in [0.5, 0.6) is 0 Å². The van der Waals surface area contributed by atoms with Crippen molar-refractivity contribution in [1.82, 2.24) is 0 Å². The van der Waals surface area contributed by atoms with Crippen molar-refractivity contribution >= 4 is 56.7 Å². The summed E-state index contributed by atoms with van der Waals surface area (Å²) in [6.07, 6.45) is 0. The van der Waals surface area contributed by atoms with Gasteiger partial charge in [0.15, 0.2) is 8.07 Å². The van der Waals surface area contributed by atoms with Gasteiger partial charge in [-0.2, -0.15) is 0 Å². The summed E-state index contributed by atoms with van der Waals surface area (Å²) in [6.45, 7) is 0. The summed E-state index contributed by atoms with van der Waals surface area (Å²) in [6, 6.07) is 123. The van der Waals surface area contributed by atoms with E-state index in [1.165, 1.54) is 76.0 Å². The maximum Gasteiger partial charge on any atom is 0.179 e. The summed E-state index contributed by atoms with van der Waals surface area (Å²) in [5.74, 6) is 0. The van der Waals surface area contributed by atoms with E-state index in [0.29, 0.717) is 0 Å². The smallest absolute Gasteiger partial charge is 0.179 e. The third-order valence-electron chi connectivity index (χ3n) is 15.4. The lowest BCUT2D eigenvalue weighted by molar-refractivity contribution is 1.29. The molecule has 13 aromatic rings. The Hall–Kier alpha value is -9.86. The van der Waals surface area contributed by atoms with Gasteiger partial charge >= 0.3 is 0 Å². The zero-order valence-corrected chi connectivity index (χ0v) is 44.2. The highest BCUT2D eigenvalue weighted by atomic mass is 28.3. The third-order valence-corrected chi connectivity index (χ3v) is 20.1. The van der Waals surface area contributed by atoms with Gasteiger partial charge in [-0.1, -0.05) is 285 Å². The molecular formula is C76H55NSi. The largest absolute Gasteiger partial charge is 0.310 e. The van der Waals surface area contributed by atoms with Crippen molar-refractivity contribution in [1.29, 1.82) is 0 Å². The summed E-state index contributed by atoms with van der Waals surface area (Å²) in [7, 11) is -2.81. The normalized spacial score (nSPS) is 11.3. The summed E-state index contributed by atoms with van der Waals surface area (Å²) in [5, 5.41) is 7.79. The Morgan fingerprint density at radius 2 is 0.487 bits per heavy atom. The van der Waals surface area contributed by atoms with Crippen LogP contribution < -0.4 is 25.6 Å². The van der Waals surface area contributed by atoms with Gasteiger partial charge in [-0.25, -0.2) is 0 Å². The van der Waals surface area contributed by atoms with Gasteiger partial charge in [0.05, 0.1) is 0 Å². The van der Waals surface area contributed by atoms with Crippen molar-refractivity contribution < 1.29 is 0 Å². The third kappa shape index (κ3) is 8.94. The van der Waals surface area contributed by atoms with Gasteiger partial charge in [0, 0.05) is 17.1 Å². The van der Waals surface area contributed by atoms with Crippen molar-refractivity contribution in [2.75, 3.05) is 4.90 Å². The number of para-hydroxylation sites is 1. The molecule has 13 aromatic carbocycles. The van der Waals surface area contributed by atoms with Crippen LogP contribution in [0.4, 0.5) is 17.1 Å². The number of benzene rings is 13. The van der Waals surface area contributed by atoms with E-state index in [1.54, 1.807) is 0 Å². The topological polar surface area (TPSA) is 3.24 Å². The van der Waals surface area contributed by atoms with Crippen LogP contribution in [0.1, 0.15) is 0 Å². The maximum atomic E-state index is 2.46. The Labute approximate surface area is 459 Å². The molecule has 0 saturated carbocycles. The first-order valence-electron chi connectivity index (χ1n) is 26.9. The Kier molecular flexibility index (Phi) is 13.1. The lowest BCUT2D eigenvalue weighted by atomic mass is 9.78. The second kappa shape index (κ2) is 21.4. The molecule has 0 radical (unpaired) electrons. The van der Waals surface area contributed by atoms with Crippen molar-refractivity contribution in [3.8, 4) is 66.8 Å². The van der Waals surface area contributed by atoms with E-state index in [0.717, 1.165) is 39.3 Å². The van der Waals surface area contributed by atoms with Gasteiger partial charge in [-0.15, -0.1) is 0 Å². The fourth-order valence-corrected chi connectivity index (χ4v) is 16.7. The van der Waals surface area contributed by atoms with E-state index in [-0.39, 0.29) is 0 Å². The molecule has 0 unspecified atom stereocenters. The summed E-state index contributed by atoms with van der Waals surface area (Å²) < 4.78 is 0. The SMILES string of the molecule is c1ccc(-c2c(-c3ccccc3)c(-c3ccccc3)c3cc(-c4cccc(-c5cccc(N(c6ccccc6)c6cccc([Si](c7ccccc7)(c7ccccc7)c7ccccc7)c6)c5)c4)ccc3c2-c2ccccc2)cc1. The zero-order valence-electron chi connectivity index (χ0n) is 43.2. The lowest BCUT2D eigenvalue weighted by Crippen LogP contribution is -2.74. The van der Waals surface area contributed by atoms with Gasteiger partial charge in [0.25, 0.3) is 0 Å². The van der Waals surface area contributed by atoms with E-state index >= 15 is 0 Å². The quantitative estimate of drug-likeness (QED) is 0.0822. The van der Waals surface area contributed by atoms with Crippen LogP contribution in [0, 0.1) is 0 Å². The minimum atomic E-state index is -2.81. The summed E-state index contributed by atoms with van der Waals surface area (Å²) >= 11 is 0. The Balaban J connectivity index is 0.968. The molecule has 78 heavy (non-hydrogen) atoms. The Morgan fingerprint density at radius 1 is 0.179 bits per heavy atom. The Morgan fingerprint density at radius 3 is 0.949 bits per heavy atom. The van der Waals surface area contributed by atoms with Gasteiger partial charge in [-0.3, -0.25) is 0 Å². The molecule has 0 aliphatic rings. The van der Waals surface area contributed by atoms with Gasteiger partial charge in [0.1, 0.15) is 0 Å². The lowest BCUT2D eigenvalue weighted by Gasteiger charge is -2.35. The first-order valence-corrected chi connectivity index (χ1v) is 28.9. The van der Waals surface area contributed by atoms with Crippen molar-refractivity contribution in [3.05, 3.63) is 334 Å². The Bertz CT molecular complexity index is 4050. The minimum absolute atomic E-state index is 1.09. The van der Waals surface area contributed by atoms with Crippen LogP contribution in [-0.4, -0.2) is 8.07 Å². The molecule has 0 bridgehead atoms. The molecule has 1 nitrogen and oxygen atoms in total. The predicted molar refractivity (Wildman–Crippen MR) is 335 cm³/mol. The van der Waals surface area contributed by atoms with Crippen LogP contribution in [-0.2, 0) is 0 Å². The fourth-order valence-electron chi connectivity index (χ4n) is 11.9. The number of fused-ring (bicyclic) bond motifs is 1. The first kappa shape index (κ1) is 47.8. The van der Waals surface area contributed by atoms with Crippen molar-refractivity contribution in [2.24, 2.45) is 0 Å². The molecule has 0 aliphatic heterocycles. The van der Waals surface area contributed by atoms with E-state index in [4.69, 9.17) is 0 Å². The minimum Gasteiger partial charge on any atom is -0.310 e. The summed E-state index contributed by atoms with van der Waals surface area (Å²) in [5.41, 5.74) is 17.6. The highest BCUT2D eigenvalue weighted by molar-refractivity contribution is 7.19. The number of nitrogens with zero attached hydrogens (tertiary/aromatic N) is 1. The number of hydrogen-bond acceptors (Lipinski definition) is 1. The molecule has 2 heteroatoms. The monoisotopic (exact) mass is 1010 g/mol. The molecule has 0 atom stereocenters. The van der Waals surface area contributed by atoms with Crippen molar-refractivity contribution in [3.63, 3.8) is 0 Å².